The van der Waals surface area contributed by atoms with Crippen molar-refractivity contribution in [3.8, 4) is 5.75 Å². The molecule has 1 atom stereocenters. The van der Waals surface area contributed by atoms with E-state index in [1.165, 1.54) is 24.8 Å². The average Bonchev–Trinajstić information content (AvgIpc) is 2.38. The number of halogens is 1. The molecule has 2 rings (SSSR count). The summed E-state index contributed by atoms with van der Waals surface area (Å²) < 4.78 is 5.34. The lowest BCUT2D eigenvalue weighted by Gasteiger charge is -2.25. The van der Waals surface area contributed by atoms with E-state index in [0.29, 0.717) is 11.1 Å². The molecule has 94 valence electrons. The van der Waals surface area contributed by atoms with E-state index in [1.807, 2.05) is 12.3 Å². The molecule has 0 bridgehead atoms. The maximum Gasteiger partial charge on any atom is 0.150 e. The number of methoxy groups -OCH3 is 1. The van der Waals surface area contributed by atoms with Crippen LogP contribution < -0.4 is 10.1 Å². The molecule has 2 nitrogen and oxygen atoms in total. The molecule has 1 aromatic carbocycles. The first-order chi connectivity index (χ1) is 8.26. The summed E-state index contributed by atoms with van der Waals surface area (Å²) in [5, 5.41) is 4.25. The molecule has 1 aliphatic heterocycles. The van der Waals surface area contributed by atoms with Crippen LogP contribution in [0.1, 0.15) is 30.9 Å². The molecule has 1 unspecified atom stereocenters. The molecule has 1 aromatic rings. The van der Waals surface area contributed by atoms with E-state index >= 15 is 0 Å². The second-order valence-electron chi connectivity index (χ2n) is 4.24. The van der Waals surface area contributed by atoms with Crippen molar-refractivity contribution in [2.45, 2.75) is 30.2 Å². The molecule has 4 heteroatoms. The average molecular weight is 272 g/mol. The molecule has 1 saturated heterocycles. The molecule has 0 spiro atoms. The minimum atomic E-state index is 0.443. The molecule has 1 aliphatic rings. The number of piperidine rings is 1. The lowest BCUT2D eigenvalue weighted by molar-refractivity contribution is 0.399. The molecule has 1 heterocycles. The maximum atomic E-state index is 6.27. The van der Waals surface area contributed by atoms with Gasteiger partial charge in [-0.3, -0.25) is 0 Å². The summed E-state index contributed by atoms with van der Waals surface area (Å²) in [4.78, 5) is 1.11. The molecule has 0 amide bonds. The van der Waals surface area contributed by atoms with E-state index in [2.05, 4.69) is 11.4 Å². The van der Waals surface area contributed by atoms with Crippen LogP contribution in [0.5, 0.6) is 5.75 Å². The number of benzene rings is 1. The van der Waals surface area contributed by atoms with Gasteiger partial charge in [0.15, 0.2) is 5.75 Å². The highest BCUT2D eigenvalue weighted by Crippen LogP contribution is 2.38. The smallest absolute Gasteiger partial charge is 0.150 e. The Kier molecular flexibility index (Phi) is 4.60. The fraction of sp³-hybridized carbons (Fsp3) is 0.538. The number of thioether (sulfide) groups is 1. The first kappa shape index (κ1) is 13.1. The van der Waals surface area contributed by atoms with Gasteiger partial charge < -0.3 is 10.1 Å². The van der Waals surface area contributed by atoms with Gasteiger partial charge in [-0.05, 0) is 43.3 Å². The van der Waals surface area contributed by atoms with E-state index in [-0.39, 0.29) is 0 Å². The van der Waals surface area contributed by atoms with Crippen LogP contribution in [0.25, 0.3) is 0 Å². The van der Waals surface area contributed by atoms with Crippen molar-refractivity contribution >= 4 is 23.4 Å². The summed E-state index contributed by atoms with van der Waals surface area (Å²) in [5.74, 6) is 0.790. The van der Waals surface area contributed by atoms with E-state index in [1.54, 1.807) is 18.9 Å². The van der Waals surface area contributed by atoms with Crippen LogP contribution in [-0.2, 0) is 0 Å². The third kappa shape index (κ3) is 2.90. The Morgan fingerprint density at radius 2 is 2.24 bits per heavy atom. The van der Waals surface area contributed by atoms with Crippen molar-refractivity contribution in [3.63, 3.8) is 0 Å². The third-order valence-corrected chi connectivity index (χ3v) is 4.19. The molecule has 0 aromatic heterocycles. The minimum Gasteiger partial charge on any atom is -0.494 e. The van der Waals surface area contributed by atoms with Gasteiger partial charge in [-0.25, -0.2) is 0 Å². The van der Waals surface area contributed by atoms with E-state index in [9.17, 15) is 0 Å². The summed E-state index contributed by atoms with van der Waals surface area (Å²) in [7, 11) is 1.67. The van der Waals surface area contributed by atoms with Crippen LogP contribution in [0.15, 0.2) is 17.0 Å². The molecular formula is C13H18ClNOS. The zero-order chi connectivity index (χ0) is 12.3. The van der Waals surface area contributed by atoms with E-state index < -0.39 is 0 Å². The number of hydrogen-bond donors (Lipinski definition) is 1. The summed E-state index contributed by atoms with van der Waals surface area (Å²) in [5.41, 5.74) is 1.28. The Morgan fingerprint density at radius 1 is 1.41 bits per heavy atom. The van der Waals surface area contributed by atoms with Crippen molar-refractivity contribution in [2.75, 3.05) is 19.9 Å². The van der Waals surface area contributed by atoms with Crippen molar-refractivity contribution < 1.29 is 4.74 Å². The largest absolute Gasteiger partial charge is 0.494 e. The summed E-state index contributed by atoms with van der Waals surface area (Å²) in [6, 6.07) is 4.67. The van der Waals surface area contributed by atoms with Crippen molar-refractivity contribution in [3.05, 3.63) is 22.7 Å². The van der Waals surface area contributed by atoms with Crippen LogP contribution >= 0.6 is 23.4 Å². The third-order valence-electron chi connectivity index (χ3n) is 3.17. The Hall–Kier alpha value is -0.380. The summed E-state index contributed by atoms with van der Waals surface area (Å²) in [6.07, 6.45) is 5.80. The SMILES string of the molecule is COc1c(Cl)cc(C2CCCCN2)cc1SC. The van der Waals surface area contributed by atoms with Crippen LogP contribution in [0.3, 0.4) is 0 Å². The monoisotopic (exact) mass is 271 g/mol. The van der Waals surface area contributed by atoms with Gasteiger partial charge in [0, 0.05) is 6.04 Å². The number of rotatable bonds is 3. The van der Waals surface area contributed by atoms with Gasteiger partial charge in [0.2, 0.25) is 0 Å². The van der Waals surface area contributed by atoms with E-state index in [0.717, 1.165) is 17.2 Å². The zero-order valence-electron chi connectivity index (χ0n) is 10.3. The van der Waals surface area contributed by atoms with Crippen molar-refractivity contribution in [1.82, 2.24) is 5.32 Å². The normalized spacial score (nSPS) is 20.3. The molecule has 1 N–H and O–H groups in total. The Morgan fingerprint density at radius 3 is 2.82 bits per heavy atom. The highest BCUT2D eigenvalue weighted by Gasteiger charge is 2.18. The van der Waals surface area contributed by atoms with Crippen LogP contribution in [0, 0.1) is 0 Å². The van der Waals surface area contributed by atoms with Gasteiger partial charge in [0.05, 0.1) is 17.0 Å². The number of ether oxygens (including phenoxy) is 1. The molecule has 0 saturated carbocycles. The highest BCUT2D eigenvalue weighted by atomic mass is 35.5. The Labute approximate surface area is 112 Å². The van der Waals surface area contributed by atoms with Crippen LogP contribution in [-0.4, -0.2) is 19.9 Å². The van der Waals surface area contributed by atoms with Crippen LogP contribution in [0.4, 0.5) is 0 Å². The van der Waals surface area contributed by atoms with E-state index in [4.69, 9.17) is 16.3 Å². The summed E-state index contributed by atoms with van der Waals surface area (Å²) in [6.45, 7) is 1.10. The number of nitrogens with one attached hydrogen (secondary N) is 1. The maximum absolute atomic E-state index is 6.27. The lowest BCUT2D eigenvalue weighted by Crippen LogP contribution is -2.26. The molecule has 0 aliphatic carbocycles. The first-order valence-corrected chi connectivity index (χ1v) is 7.51. The molecule has 0 radical (unpaired) electrons. The molecule has 1 fully saturated rings. The van der Waals surface area contributed by atoms with Gasteiger partial charge in [-0.1, -0.05) is 18.0 Å². The topological polar surface area (TPSA) is 21.3 Å². The minimum absolute atomic E-state index is 0.443. The fourth-order valence-corrected chi connectivity index (χ4v) is 3.27. The Balaban J connectivity index is 2.31. The van der Waals surface area contributed by atoms with Crippen LogP contribution in [0.2, 0.25) is 5.02 Å². The van der Waals surface area contributed by atoms with Crippen molar-refractivity contribution in [2.24, 2.45) is 0 Å². The van der Waals surface area contributed by atoms with Gasteiger partial charge in [-0.2, -0.15) is 0 Å². The Bertz CT molecular complexity index is 391. The second kappa shape index (κ2) is 5.98. The summed E-state index contributed by atoms with van der Waals surface area (Å²) >= 11 is 7.94. The fourth-order valence-electron chi connectivity index (χ4n) is 2.28. The van der Waals surface area contributed by atoms with Crippen molar-refractivity contribution in [1.29, 1.82) is 0 Å². The lowest BCUT2D eigenvalue weighted by atomic mass is 9.97. The van der Waals surface area contributed by atoms with Gasteiger partial charge in [0.25, 0.3) is 0 Å². The predicted octanol–water partition coefficient (Wildman–Crippen LogP) is 3.89. The molecule has 17 heavy (non-hydrogen) atoms. The predicted molar refractivity (Wildman–Crippen MR) is 74.4 cm³/mol. The highest BCUT2D eigenvalue weighted by molar-refractivity contribution is 7.98. The zero-order valence-corrected chi connectivity index (χ0v) is 11.8. The first-order valence-electron chi connectivity index (χ1n) is 5.91. The number of hydrogen-bond acceptors (Lipinski definition) is 3. The van der Waals surface area contributed by atoms with Gasteiger partial charge in [0.1, 0.15) is 0 Å². The molecular weight excluding hydrogens is 254 g/mol. The quantitative estimate of drug-likeness (QED) is 0.843. The standard InChI is InChI=1S/C13H18ClNOS/c1-16-13-10(14)7-9(8-12(13)17-2)11-5-3-4-6-15-11/h7-8,11,15H,3-6H2,1-2H3. The van der Waals surface area contributed by atoms with Gasteiger partial charge in [-0.15, -0.1) is 11.8 Å². The van der Waals surface area contributed by atoms with Gasteiger partial charge >= 0.3 is 0 Å². The second-order valence-corrected chi connectivity index (χ2v) is 5.50.